The maximum absolute atomic E-state index is 8.65. The summed E-state index contributed by atoms with van der Waals surface area (Å²) in [4.78, 5) is 0. The van der Waals surface area contributed by atoms with Crippen LogP contribution >= 0.6 is 0 Å². The average Bonchev–Trinajstić information content (AvgIpc) is 2.50. The van der Waals surface area contributed by atoms with Gasteiger partial charge in [0.25, 0.3) is 0 Å². The highest BCUT2D eigenvalue weighted by Crippen LogP contribution is 2.32. The molecule has 2 rings (SSSR count). The van der Waals surface area contributed by atoms with Gasteiger partial charge in [-0.1, -0.05) is 6.08 Å². The number of ether oxygens (including phenoxy) is 1. The molecule has 2 aliphatic rings. The van der Waals surface area contributed by atoms with Crippen molar-refractivity contribution in [3.63, 3.8) is 0 Å². The zero-order chi connectivity index (χ0) is 7.68. The van der Waals surface area contributed by atoms with Crippen LogP contribution in [0.4, 0.5) is 0 Å². The molecule has 2 heteroatoms. The molecule has 1 fully saturated rings. The van der Waals surface area contributed by atoms with Crippen LogP contribution in [0, 0.1) is 17.2 Å². The molecular formula is C9H11NO. The molecule has 11 heavy (non-hydrogen) atoms. The van der Waals surface area contributed by atoms with Crippen molar-refractivity contribution in [1.82, 2.24) is 0 Å². The highest BCUT2D eigenvalue weighted by molar-refractivity contribution is 5.25. The number of nitriles is 1. The average molecular weight is 149 g/mol. The number of nitrogens with zero attached hydrogens (tertiary/aromatic N) is 1. The van der Waals surface area contributed by atoms with Gasteiger partial charge in [-0.25, -0.2) is 0 Å². The molecule has 0 aromatic rings. The molecule has 0 radical (unpaired) electrons. The molecule has 58 valence electrons. The largest absolute Gasteiger partial charge is 0.378 e. The van der Waals surface area contributed by atoms with Gasteiger partial charge in [0.15, 0.2) is 0 Å². The maximum atomic E-state index is 8.65. The minimum Gasteiger partial charge on any atom is -0.378 e. The Morgan fingerprint density at radius 1 is 1.55 bits per heavy atom. The highest BCUT2D eigenvalue weighted by Gasteiger charge is 2.29. The third-order valence-corrected chi connectivity index (χ3v) is 2.52. The highest BCUT2D eigenvalue weighted by atomic mass is 16.5. The Kier molecular flexibility index (Phi) is 1.67. The number of fused-ring (bicyclic) bond motifs is 1. The predicted octanol–water partition coefficient (Wildman–Crippen LogP) is 1.64. The van der Waals surface area contributed by atoms with Gasteiger partial charge in [0, 0.05) is 18.1 Å². The van der Waals surface area contributed by atoms with Crippen LogP contribution in [0.15, 0.2) is 11.6 Å². The summed E-state index contributed by atoms with van der Waals surface area (Å²) in [6, 6.07) is 2.22. The Labute approximate surface area is 66.5 Å². The van der Waals surface area contributed by atoms with Gasteiger partial charge < -0.3 is 4.74 Å². The van der Waals surface area contributed by atoms with Crippen molar-refractivity contribution < 1.29 is 4.74 Å². The van der Waals surface area contributed by atoms with Crippen LogP contribution in [-0.2, 0) is 4.74 Å². The van der Waals surface area contributed by atoms with Crippen molar-refractivity contribution in [3.05, 3.63) is 11.6 Å². The summed E-state index contributed by atoms with van der Waals surface area (Å²) >= 11 is 0. The summed E-state index contributed by atoms with van der Waals surface area (Å²) in [6.45, 7) is 0.880. The number of rotatable bonds is 0. The first-order valence-electron chi connectivity index (χ1n) is 4.12. The standard InChI is InChI=1S/C9H11NO/c10-6-7-1-2-9-8(5-7)3-4-11-9/h5,8-9H,1-4H2. The molecule has 1 aliphatic carbocycles. The molecule has 1 aliphatic heterocycles. The first-order valence-corrected chi connectivity index (χ1v) is 4.12. The second-order valence-corrected chi connectivity index (χ2v) is 3.20. The van der Waals surface area contributed by atoms with Crippen molar-refractivity contribution in [2.75, 3.05) is 6.61 Å². The van der Waals surface area contributed by atoms with Crippen molar-refractivity contribution in [3.8, 4) is 6.07 Å². The molecule has 0 N–H and O–H groups in total. The van der Waals surface area contributed by atoms with E-state index in [1.54, 1.807) is 0 Å². The summed E-state index contributed by atoms with van der Waals surface area (Å²) in [6.07, 6.45) is 5.59. The number of hydrogen-bond donors (Lipinski definition) is 0. The van der Waals surface area contributed by atoms with Gasteiger partial charge in [0.1, 0.15) is 0 Å². The van der Waals surface area contributed by atoms with E-state index in [1.165, 1.54) is 0 Å². The lowest BCUT2D eigenvalue weighted by Gasteiger charge is -2.19. The number of allylic oxidation sites excluding steroid dienone is 1. The molecule has 1 saturated heterocycles. The monoisotopic (exact) mass is 149 g/mol. The van der Waals surface area contributed by atoms with Gasteiger partial charge in [0.2, 0.25) is 0 Å². The van der Waals surface area contributed by atoms with Crippen molar-refractivity contribution >= 4 is 0 Å². The van der Waals surface area contributed by atoms with Gasteiger partial charge >= 0.3 is 0 Å². The zero-order valence-electron chi connectivity index (χ0n) is 6.42. The minimum absolute atomic E-state index is 0.423. The molecule has 0 aromatic carbocycles. The molecule has 0 bridgehead atoms. The summed E-state index contributed by atoms with van der Waals surface area (Å²) < 4.78 is 5.50. The van der Waals surface area contributed by atoms with E-state index in [1.807, 2.05) is 0 Å². The molecule has 2 atom stereocenters. The van der Waals surface area contributed by atoms with Crippen LogP contribution in [-0.4, -0.2) is 12.7 Å². The zero-order valence-corrected chi connectivity index (χ0v) is 6.42. The first kappa shape index (κ1) is 6.87. The quantitative estimate of drug-likeness (QED) is 0.524. The van der Waals surface area contributed by atoms with Gasteiger partial charge in [-0.15, -0.1) is 0 Å². The Hall–Kier alpha value is -0.810. The Morgan fingerprint density at radius 2 is 2.45 bits per heavy atom. The van der Waals surface area contributed by atoms with Crippen molar-refractivity contribution in [1.29, 1.82) is 5.26 Å². The first-order chi connectivity index (χ1) is 5.40. The topological polar surface area (TPSA) is 33.0 Å². The maximum Gasteiger partial charge on any atom is 0.0943 e. The lowest BCUT2D eigenvalue weighted by molar-refractivity contribution is 0.0891. The normalized spacial score (nSPS) is 35.7. The number of hydrogen-bond acceptors (Lipinski definition) is 2. The van der Waals surface area contributed by atoms with Gasteiger partial charge in [-0.2, -0.15) is 5.26 Å². The SMILES string of the molecule is N#CC1=CC2CCOC2CC1. The lowest BCUT2D eigenvalue weighted by atomic mass is 9.88. The van der Waals surface area contributed by atoms with E-state index in [9.17, 15) is 0 Å². The molecule has 1 heterocycles. The Morgan fingerprint density at radius 3 is 3.27 bits per heavy atom. The van der Waals surface area contributed by atoms with E-state index < -0.39 is 0 Å². The lowest BCUT2D eigenvalue weighted by Crippen LogP contribution is -2.18. The molecular weight excluding hydrogens is 138 g/mol. The third kappa shape index (κ3) is 1.17. The van der Waals surface area contributed by atoms with E-state index in [-0.39, 0.29) is 0 Å². The van der Waals surface area contributed by atoms with Crippen LogP contribution < -0.4 is 0 Å². The summed E-state index contributed by atoms with van der Waals surface area (Å²) in [7, 11) is 0. The molecule has 0 spiro atoms. The van der Waals surface area contributed by atoms with E-state index >= 15 is 0 Å². The van der Waals surface area contributed by atoms with Crippen molar-refractivity contribution in [2.24, 2.45) is 5.92 Å². The third-order valence-electron chi connectivity index (χ3n) is 2.52. The second-order valence-electron chi connectivity index (χ2n) is 3.20. The van der Waals surface area contributed by atoms with Gasteiger partial charge in [-0.3, -0.25) is 0 Å². The fraction of sp³-hybridized carbons (Fsp3) is 0.667. The molecule has 0 saturated carbocycles. The Balaban J connectivity index is 2.15. The van der Waals surface area contributed by atoms with Crippen LogP contribution in [0.5, 0.6) is 0 Å². The van der Waals surface area contributed by atoms with Crippen LogP contribution in [0.1, 0.15) is 19.3 Å². The van der Waals surface area contributed by atoms with Gasteiger partial charge in [-0.05, 0) is 19.3 Å². The second kappa shape index (κ2) is 2.67. The molecule has 0 aromatic heterocycles. The van der Waals surface area contributed by atoms with E-state index in [4.69, 9.17) is 10.00 Å². The van der Waals surface area contributed by atoms with Crippen LogP contribution in [0.2, 0.25) is 0 Å². The van der Waals surface area contributed by atoms with Crippen molar-refractivity contribution in [2.45, 2.75) is 25.4 Å². The molecule has 2 nitrogen and oxygen atoms in total. The molecule has 0 amide bonds. The van der Waals surface area contributed by atoms with E-state index in [0.717, 1.165) is 31.4 Å². The smallest absolute Gasteiger partial charge is 0.0943 e. The minimum atomic E-state index is 0.423. The van der Waals surface area contributed by atoms with E-state index in [2.05, 4.69) is 12.1 Å². The van der Waals surface area contributed by atoms with Crippen LogP contribution in [0.3, 0.4) is 0 Å². The summed E-state index contributed by atoms with van der Waals surface area (Å²) in [5.74, 6) is 0.540. The fourth-order valence-electron chi connectivity index (χ4n) is 1.89. The summed E-state index contributed by atoms with van der Waals surface area (Å²) in [5, 5.41) is 8.65. The summed E-state index contributed by atoms with van der Waals surface area (Å²) in [5.41, 5.74) is 0.955. The van der Waals surface area contributed by atoms with Gasteiger partial charge in [0.05, 0.1) is 12.2 Å². The van der Waals surface area contributed by atoms with Crippen LogP contribution in [0.25, 0.3) is 0 Å². The predicted molar refractivity (Wildman–Crippen MR) is 40.8 cm³/mol. The Bertz CT molecular complexity index is 226. The molecule has 2 unspecified atom stereocenters. The fourth-order valence-corrected chi connectivity index (χ4v) is 1.89. The van der Waals surface area contributed by atoms with E-state index in [0.29, 0.717) is 12.0 Å².